The molecule has 3 aromatic rings. The van der Waals surface area contributed by atoms with Gasteiger partial charge in [0.25, 0.3) is 0 Å². The summed E-state index contributed by atoms with van der Waals surface area (Å²) in [4.78, 5) is 6.94. The van der Waals surface area contributed by atoms with Crippen LogP contribution in [0.3, 0.4) is 0 Å². The van der Waals surface area contributed by atoms with Gasteiger partial charge in [0.15, 0.2) is 0 Å². The minimum atomic E-state index is -0.861. The van der Waals surface area contributed by atoms with E-state index in [1.807, 2.05) is 12.1 Å². The summed E-state index contributed by atoms with van der Waals surface area (Å²) >= 11 is 9.75. The van der Waals surface area contributed by atoms with E-state index < -0.39 is 6.10 Å². The average molecular weight is 474 g/mol. The molecule has 162 valence electrons. The molecule has 0 radical (unpaired) electrons. The van der Waals surface area contributed by atoms with E-state index in [0.717, 1.165) is 39.2 Å². The Balaban J connectivity index is 1.78. The molecule has 0 unspecified atom stereocenters. The molecule has 3 atom stereocenters. The molecule has 5 N–H and O–H groups in total. The smallest absolute Gasteiger partial charge is 0.131 e. The first kappa shape index (κ1) is 22.3. The first-order valence-corrected chi connectivity index (χ1v) is 12.2. The number of hydrogen-bond acceptors (Lipinski definition) is 7. The van der Waals surface area contributed by atoms with Crippen LogP contribution in [0.2, 0.25) is 5.15 Å². The topological polar surface area (TPSA) is 91.4 Å². The van der Waals surface area contributed by atoms with E-state index in [1.54, 1.807) is 22.7 Å². The second kappa shape index (κ2) is 10.1. The number of rotatable bonds is 6. The van der Waals surface area contributed by atoms with Crippen LogP contribution in [0.5, 0.6) is 0 Å². The van der Waals surface area contributed by atoms with Gasteiger partial charge in [-0.05, 0) is 24.3 Å². The lowest BCUT2D eigenvalue weighted by Gasteiger charge is -2.24. The molecule has 0 amide bonds. The Hall–Kier alpha value is -1.92. The molecule has 8 heteroatoms. The standard InChI is InChI=1S/C23H24ClN3O2S2/c24-20-11-19(26-12-15-6-4-10-30-15)23-21(27-20)17(8-3-5-14(29)13-28)22(31-23)16-7-1-2-9-18(16)25/h1-2,4,6,10-11,14,16,18,28-29H,5,7,9,12-13,25H2,(H,26,27)/t14-,16+,18+/m1/s1. The van der Waals surface area contributed by atoms with Crippen molar-refractivity contribution in [2.75, 3.05) is 11.9 Å². The molecule has 0 aliphatic heterocycles. The second-order valence-corrected chi connectivity index (χ2v) is 9.97. The maximum atomic E-state index is 9.68. The highest BCUT2D eigenvalue weighted by atomic mass is 35.5. The molecular weight excluding hydrogens is 450 g/mol. The van der Waals surface area contributed by atoms with E-state index in [-0.39, 0.29) is 25.0 Å². The van der Waals surface area contributed by atoms with Crippen LogP contribution in [0.15, 0.2) is 35.7 Å². The van der Waals surface area contributed by atoms with Gasteiger partial charge in [-0.1, -0.05) is 41.7 Å². The van der Waals surface area contributed by atoms with Gasteiger partial charge in [-0.25, -0.2) is 4.98 Å². The number of halogens is 1. The van der Waals surface area contributed by atoms with Crippen molar-refractivity contribution in [3.8, 4) is 11.8 Å². The monoisotopic (exact) mass is 473 g/mol. The molecule has 0 spiro atoms. The first-order chi connectivity index (χ1) is 15.1. The van der Waals surface area contributed by atoms with Crippen molar-refractivity contribution in [3.05, 3.63) is 56.2 Å². The maximum Gasteiger partial charge on any atom is 0.131 e. The van der Waals surface area contributed by atoms with Gasteiger partial charge >= 0.3 is 0 Å². The highest BCUT2D eigenvalue weighted by Crippen LogP contribution is 2.43. The van der Waals surface area contributed by atoms with E-state index >= 15 is 0 Å². The van der Waals surface area contributed by atoms with Crippen molar-refractivity contribution >= 4 is 50.2 Å². The number of thiophene rings is 2. The number of nitrogens with zero attached hydrogens (tertiary/aromatic N) is 1. The molecule has 0 fully saturated rings. The number of nitrogens with two attached hydrogens (primary N) is 1. The Morgan fingerprint density at radius 1 is 1.35 bits per heavy atom. The molecule has 31 heavy (non-hydrogen) atoms. The van der Waals surface area contributed by atoms with Gasteiger partial charge in [0.1, 0.15) is 10.7 Å². The zero-order valence-corrected chi connectivity index (χ0v) is 19.2. The normalized spacial score (nSPS) is 19.2. The Kier molecular flexibility index (Phi) is 7.28. The number of aromatic nitrogens is 1. The maximum absolute atomic E-state index is 9.68. The zero-order valence-electron chi connectivity index (χ0n) is 16.8. The summed E-state index contributed by atoms with van der Waals surface area (Å²) in [5.41, 5.74) is 8.97. The third kappa shape index (κ3) is 5.12. The Morgan fingerprint density at radius 3 is 2.94 bits per heavy atom. The summed E-state index contributed by atoms with van der Waals surface area (Å²) < 4.78 is 1.00. The number of pyridine rings is 1. The molecule has 3 aromatic heterocycles. The number of aliphatic hydroxyl groups is 2. The number of anilines is 1. The summed E-state index contributed by atoms with van der Waals surface area (Å²) in [6, 6.07) is 5.99. The Morgan fingerprint density at radius 2 is 2.19 bits per heavy atom. The van der Waals surface area contributed by atoms with Crippen LogP contribution in [0.25, 0.3) is 10.2 Å². The van der Waals surface area contributed by atoms with E-state index in [0.29, 0.717) is 11.7 Å². The van der Waals surface area contributed by atoms with Gasteiger partial charge in [-0.3, -0.25) is 0 Å². The fourth-order valence-electron chi connectivity index (χ4n) is 3.62. The van der Waals surface area contributed by atoms with Crippen molar-refractivity contribution in [3.63, 3.8) is 0 Å². The third-order valence-electron chi connectivity index (χ3n) is 5.25. The Bertz CT molecular complexity index is 1130. The van der Waals surface area contributed by atoms with Gasteiger partial charge in [-0.2, -0.15) is 0 Å². The molecule has 1 aliphatic rings. The predicted octanol–water partition coefficient (Wildman–Crippen LogP) is 4.48. The molecule has 1 aliphatic carbocycles. The summed E-state index contributed by atoms with van der Waals surface area (Å²) in [6.45, 7) is 0.390. The average Bonchev–Trinajstić information content (AvgIpc) is 3.40. The van der Waals surface area contributed by atoms with Crippen molar-refractivity contribution < 1.29 is 10.2 Å². The van der Waals surface area contributed by atoms with E-state index in [9.17, 15) is 5.11 Å². The van der Waals surface area contributed by atoms with Crippen molar-refractivity contribution in [1.82, 2.24) is 4.98 Å². The number of aliphatic hydroxyl groups excluding tert-OH is 2. The van der Waals surface area contributed by atoms with Crippen LogP contribution in [-0.4, -0.2) is 33.9 Å². The summed E-state index contributed by atoms with van der Waals surface area (Å²) in [5, 5.41) is 24.7. The summed E-state index contributed by atoms with van der Waals surface area (Å²) in [6.07, 6.45) is 5.30. The summed E-state index contributed by atoms with van der Waals surface area (Å²) in [7, 11) is 0. The van der Waals surface area contributed by atoms with Crippen molar-refractivity contribution in [2.45, 2.75) is 43.9 Å². The second-order valence-electron chi connectivity index (χ2n) is 7.50. The molecular formula is C23H24ClN3O2S2. The molecule has 4 rings (SSSR count). The van der Waals surface area contributed by atoms with Gasteiger partial charge in [0.2, 0.25) is 0 Å². The highest BCUT2D eigenvalue weighted by molar-refractivity contribution is 7.20. The fourth-order valence-corrected chi connectivity index (χ4v) is 5.84. The van der Waals surface area contributed by atoms with Crippen molar-refractivity contribution in [1.29, 1.82) is 0 Å². The van der Waals surface area contributed by atoms with Crippen LogP contribution < -0.4 is 11.1 Å². The lowest BCUT2D eigenvalue weighted by Crippen LogP contribution is -2.29. The third-order valence-corrected chi connectivity index (χ3v) is 7.66. The summed E-state index contributed by atoms with van der Waals surface area (Å²) in [5.74, 6) is 6.36. The number of nitrogens with one attached hydrogen (secondary N) is 1. The fraction of sp³-hybridized carbons (Fsp3) is 0.348. The molecule has 0 saturated heterocycles. The van der Waals surface area contributed by atoms with Crippen LogP contribution >= 0.6 is 34.3 Å². The highest BCUT2D eigenvalue weighted by Gasteiger charge is 2.27. The van der Waals surface area contributed by atoms with E-state index in [4.69, 9.17) is 22.4 Å². The SMILES string of the molecule is N[C@H]1CC=CC[C@@H]1c1sc2c(NCc3cccs3)cc(Cl)nc2c1C#CC[C@@H](O)CO. The molecule has 0 aromatic carbocycles. The number of fused-ring (bicyclic) bond motifs is 1. The van der Waals surface area contributed by atoms with E-state index in [1.165, 1.54) is 4.88 Å². The molecule has 0 bridgehead atoms. The predicted molar refractivity (Wildman–Crippen MR) is 130 cm³/mol. The molecule has 5 nitrogen and oxygen atoms in total. The number of allylic oxidation sites excluding steroid dienone is 1. The Labute approximate surface area is 194 Å². The first-order valence-electron chi connectivity index (χ1n) is 10.1. The zero-order chi connectivity index (χ0) is 21.8. The quantitative estimate of drug-likeness (QED) is 0.241. The van der Waals surface area contributed by atoms with E-state index in [2.05, 4.69) is 45.7 Å². The van der Waals surface area contributed by atoms with Gasteiger partial charge in [0.05, 0.1) is 28.7 Å². The number of hydrogen-bond donors (Lipinski definition) is 4. The minimum Gasteiger partial charge on any atom is -0.394 e. The largest absolute Gasteiger partial charge is 0.394 e. The van der Waals surface area contributed by atoms with Gasteiger partial charge in [-0.15, -0.1) is 22.7 Å². The van der Waals surface area contributed by atoms with Crippen molar-refractivity contribution in [2.24, 2.45) is 5.73 Å². The van der Waals surface area contributed by atoms with Gasteiger partial charge < -0.3 is 21.3 Å². The van der Waals surface area contributed by atoms with Crippen LogP contribution in [0.4, 0.5) is 5.69 Å². The lowest BCUT2D eigenvalue weighted by molar-refractivity contribution is 0.0992. The van der Waals surface area contributed by atoms with Crippen LogP contribution in [-0.2, 0) is 6.54 Å². The van der Waals surface area contributed by atoms with Crippen LogP contribution in [0, 0.1) is 11.8 Å². The molecule has 3 heterocycles. The van der Waals surface area contributed by atoms with Crippen LogP contribution in [0.1, 0.15) is 40.5 Å². The van der Waals surface area contributed by atoms with Gasteiger partial charge in [0, 0.05) is 40.7 Å². The minimum absolute atomic E-state index is 0.0136. The molecule has 0 saturated carbocycles. The lowest BCUT2D eigenvalue weighted by atomic mass is 9.87.